The molecule has 0 bridgehead atoms. The highest BCUT2D eigenvalue weighted by Gasteiger charge is 2.17. The van der Waals surface area contributed by atoms with E-state index in [9.17, 15) is 4.79 Å². The number of carbonyl (C=O) groups is 1. The second kappa shape index (κ2) is 6.23. The molecule has 0 unspecified atom stereocenters. The molecule has 1 atom stereocenters. The lowest BCUT2D eigenvalue weighted by Gasteiger charge is -2.08. The normalized spacial score (nSPS) is 12.4. The van der Waals surface area contributed by atoms with Gasteiger partial charge in [-0.2, -0.15) is 4.98 Å². The van der Waals surface area contributed by atoms with Crippen LogP contribution in [0.5, 0.6) is 0 Å². The van der Waals surface area contributed by atoms with Crippen molar-refractivity contribution in [3.63, 3.8) is 0 Å². The van der Waals surface area contributed by atoms with E-state index in [2.05, 4.69) is 20.4 Å². The SMILES string of the molecule is C[C@@H](Sc1nc2ncccn2n1)C(=O)NCc1cccs1. The summed E-state index contributed by atoms with van der Waals surface area (Å²) in [6, 6.07) is 5.75. The number of aromatic nitrogens is 4. The number of hydrogen-bond donors (Lipinski definition) is 1. The zero-order chi connectivity index (χ0) is 14.7. The fraction of sp³-hybridized carbons (Fsp3) is 0.231. The summed E-state index contributed by atoms with van der Waals surface area (Å²) in [5, 5.41) is 9.46. The highest BCUT2D eigenvalue weighted by atomic mass is 32.2. The molecule has 108 valence electrons. The second-order valence-corrected chi connectivity index (χ2v) is 6.66. The average molecular weight is 319 g/mol. The lowest BCUT2D eigenvalue weighted by Crippen LogP contribution is -2.30. The van der Waals surface area contributed by atoms with E-state index in [1.54, 1.807) is 34.3 Å². The topological polar surface area (TPSA) is 72.2 Å². The van der Waals surface area contributed by atoms with E-state index < -0.39 is 0 Å². The third-order valence-corrected chi connectivity index (χ3v) is 4.59. The minimum absolute atomic E-state index is 0.0276. The van der Waals surface area contributed by atoms with Crippen molar-refractivity contribution in [1.29, 1.82) is 0 Å². The quantitative estimate of drug-likeness (QED) is 0.728. The number of thiophene rings is 1. The molecular weight excluding hydrogens is 306 g/mol. The van der Waals surface area contributed by atoms with Crippen LogP contribution in [0.3, 0.4) is 0 Å². The molecule has 6 nitrogen and oxygen atoms in total. The number of amides is 1. The second-order valence-electron chi connectivity index (χ2n) is 4.32. The fourth-order valence-electron chi connectivity index (χ4n) is 1.71. The predicted molar refractivity (Wildman–Crippen MR) is 82.3 cm³/mol. The van der Waals surface area contributed by atoms with Crippen LogP contribution in [-0.2, 0) is 11.3 Å². The van der Waals surface area contributed by atoms with Gasteiger partial charge in [0.05, 0.1) is 11.8 Å². The van der Waals surface area contributed by atoms with E-state index in [1.165, 1.54) is 11.8 Å². The minimum atomic E-state index is -0.262. The third kappa shape index (κ3) is 3.40. The molecule has 0 fully saturated rings. The molecule has 1 amide bonds. The molecule has 0 aliphatic carbocycles. The van der Waals surface area contributed by atoms with Gasteiger partial charge in [-0.1, -0.05) is 17.8 Å². The summed E-state index contributed by atoms with van der Waals surface area (Å²) in [5.41, 5.74) is 0. The number of rotatable bonds is 5. The van der Waals surface area contributed by atoms with Gasteiger partial charge in [0.2, 0.25) is 11.1 Å². The maximum Gasteiger partial charge on any atom is 0.253 e. The zero-order valence-corrected chi connectivity index (χ0v) is 12.9. The Balaban J connectivity index is 1.59. The van der Waals surface area contributed by atoms with Crippen LogP contribution in [0.4, 0.5) is 0 Å². The Kier molecular flexibility index (Phi) is 4.16. The molecule has 3 aromatic rings. The Labute approximate surface area is 129 Å². The Morgan fingerprint density at radius 1 is 1.52 bits per heavy atom. The summed E-state index contributed by atoms with van der Waals surface area (Å²) < 4.78 is 1.60. The van der Waals surface area contributed by atoms with Crippen molar-refractivity contribution in [2.75, 3.05) is 0 Å². The molecule has 3 aromatic heterocycles. The Hall–Kier alpha value is -1.93. The van der Waals surface area contributed by atoms with Crippen LogP contribution in [0.25, 0.3) is 5.78 Å². The number of nitrogens with zero attached hydrogens (tertiary/aromatic N) is 4. The van der Waals surface area contributed by atoms with Crippen LogP contribution in [0.15, 0.2) is 41.1 Å². The first-order valence-electron chi connectivity index (χ1n) is 6.36. The predicted octanol–water partition coefficient (Wildman–Crippen LogP) is 1.98. The van der Waals surface area contributed by atoms with E-state index in [-0.39, 0.29) is 11.2 Å². The molecule has 3 rings (SSSR count). The number of hydrogen-bond acceptors (Lipinski definition) is 6. The van der Waals surface area contributed by atoms with Gasteiger partial charge >= 0.3 is 0 Å². The van der Waals surface area contributed by atoms with Crippen molar-refractivity contribution in [2.45, 2.75) is 23.9 Å². The Morgan fingerprint density at radius 2 is 2.43 bits per heavy atom. The zero-order valence-electron chi connectivity index (χ0n) is 11.3. The Bertz CT molecular complexity index is 707. The van der Waals surface area contributed by atoms with Crippen LogP contribution in [0.2, 0.25) is 0 Å². The largest absolute Gasteiger partial charge is 0.350 e. The average Bonchev–Trinajstić information content (AvgIpc) is 3.13. The van der Waals surface area contributed by atoms with Gasteiger partial charge in [0, 0.05) is 17.3 Å². The molecule has 8 heteroatoms. The van der Waals surface area contributed by atoms with Crippen molar-refractivity contribution >= 4 is 34.8 Å². The number of thioether (sulfide) groups is 1. The summed E-state index contributed by atoms with van der Waals surface area (Å²) in [6.07, 6.45) is 3.44. The first kappa shape index (κ1) is 14.0. The first-order chi connectivity index (χ1) is 10.2. The van der Waals surface area contributed by atoms with E-state index in [1.807, 2.05) is 24.4 Å². The van der Waals surface area contributed by atoms with E-state index in [0.29, 0.717) is 17.5 Å². The molecule has 0 saturated carbocycles. The standard InChI is InChI=1S/C13H13N5OS2/c1-9(11(19)15-8-10-4-2-7-20-10)21-13-16-12-14-5-3-6-18(12)17-13/h2-7,9H,8H2,1H3,(H,15,19)/t9-/m1/s1. The molecule has 0 aromatic carbocycles. The summed E-state index contributed by atoms with van der Waals surface area (Å²) >= 11 is 2.95. The van der Waals surface area contributed by atoms with Gasteiger partial charge in [0.25, 0.3) is 5.78 Å². The minimum Gasteiger partial charge on any atom is -0.350 e. The lowest BCUT2D eigenvalue weighted by molar-refractivity contribution is -0.120. The maximum atomic E-state index is 12.1. The molecule has 21 heavy (non-hydrogen) atoms. The molecule has 0 aliphatic heterocycles. The van der Waals surface area contributed by atoms with Crippen molar-refractivity contribution < 1.29 is 4.79 Å². The van der Waals surface area contributed by atoms with Crippen molar-refractivity contribution in [3.8, 4) is 0 Å². The van der Waals surface area contributed by atoms with Crippen LogP contribution in [0, 0.1) is 0 Å². The molecule has 0 spiro atoms. The van der Waals surface area contributed by atoms with Gasteiger partial charge in [0.1, 0.15) is 0 Å². The molecule has 1 N–H and O–H groups in total. The monoisotopic (exact) mass is 319 g/mol. The summed E-state index contributed by atoms with van der Waals surface area (Å²) in [4.78, 5) is 21.6. The number of nitrogens with one attached hydrogen (secondary N) is 1. The van der Waals surface area contributed by atoms with Gasteiger partial charge in [-0.3, -0.25) is 4.79 Å². The van der Waals surface area contributed by atoms with Crippen molar-refractivity contribution in [2.24, 2.45) is 0 Å². The smallest absolute Gasteiger partial charge is 0.253 e. The van der Waals surface area contributed by atoms with Crippen LogP contribution < -0.4 is 5.32 Å². The van der Waals surface area contributed by atoms with Crippen molar-refractivity contribution in [3.05, 3.63) is 40.8 Å². The van der Waals surface area contributed by atoms with Crippen LogP contribution in [-0.4, -0.2) is 30.7 Å². The Morgan fingerprint density at radius 3 is 3.19 bits per heavy atom. The van der Waals surface area contributed by atoms with Crippen LogP contribution >= 0.6 is 23.1 Å². The highest BCUT2D eigenvalue weighted by molar-refractivity contribution is 8.00. The van der Waals surface area contributed by atoms with E-state index in [4.69, 9.17) is 0 Å². The third-order valence-electron chi connectivity index (χ3n) is 2.77. The van der Waals surface area contributed by atoms with Gasteiger partial charge in [-0.15, -0.1) is 16.4 Å². The molecule has 0 saturated heterocycles. The first-order valence-corrected chi connectivity index (χ1v) is 8.12. The van der Waals surface area contributed by atoms with Gasteiger partial charge < -0.3 is 5.32 Å². The summed E-state index contributed by atoms with van der Waals surface area (Å²) in [5.74, 6) is 0.506. The molecule has 3 heterocycles. The van der Waals surface area contributed by atoms with Gasteiger partial charge in [0.15, 0.2) is 0 Å². The van der Waals surface area contributed by atoms with E-state index in [0.717, 1.165) is 4.88 Å². The van der Waals surface area contributed by atoms with Gasteiger partial charge in [-0.25, -0.2) is 9.50 Å². The summed E-state index contributed by atoms with van der Waals surface area (Å²) in [7, 11) is 0. The number of fused-ring (bicyclic) bond motifs is 1. The fourth-order valence-corrected chi connectivity index (χ4v) is 3.13. The van der Waals surface area contributed by atoms with E-state index >= 15 is 0 Å². The van der Waals surface area contributed by atoms with Crippen LogP contribution in [0.1, 0.15) is 11.8 Å². The molecule has 0 aliphatic rings. The van der Waals surface area contributed by atoms with Gasteiger partial charge in [-0.05, 0) is 24.4 Å². The van der Waals surface area contributed by atoms with Crippen molar-refractivity contribution in [1.82, 2.24) is 24.9 Å². The lowest BCUT2D eigenvalue weighted by atomic mass is 10.4. The summed E-state index contributed by atoms with van der Waals surface area (Å²) in [6.45, 7) is 2.40. The molecular formula is C13H13N5OS2. The number of carbonyl (C=O) groups excluding carboxylic acids is 1. The highest BCUT2D eigenvalue weighted by Crippen LogP contribution is 2.20. The maximum absolute atomic E-state index is 12.1. The molecule has 0 radical (unpaired) electrons.